The summed E-state index contributed by atoms with van der Waals surface area (Å²) in [5, 5.41) is 0. The maximum Gasteiger partial charge on any atom is 0.237 e. The molecule has 1 aromatic carbocycles. The molecule has 1 fully saturated rings. The summed E-state index contributed by atoms with van der Waals surface area (Å²) in [7, 11) is -1.51. The maximum absolute atomic E-state index is 12.1. The summed E-state index contributed by atoms with van der Waals surface area (Å²) in [6.45, 7) is 0.882. The third kappa shape index (κ3) is 4.21. The highest BCUT2D eigenvalue weighted by Crippen LogP contribution is 2.16. The summed E-state index contributed by atoms with van der Waals surface area (Å²) < 4.78 is 24.7. The summed E-state index contributed by atoms with van der Waals surface area (Å²) in [6.07, 6.45) is 2.62. The van der Waals surface area contributed by atoms with Crippen LogP contribution in [0.5, 0.6) is 0 Å². The monoisotopic (exact) mass is 328 g/mol. The van der Waals surface area contributed by atoms with Crippen molar-refractivity contribution in [3.05, 3.63) is 29.8 Å². The average Bonchev–Trinajstić information content (AvgIpc) is 2.78. The standard InChI is InChI=1S/C14H20N2O3S2/c1-15(10-12-4-6-13(20-2)7-5-12)14(17)11-16-8-3-9-21(16,18)19/h4-7H,3,8-11H2,1-2H3. The molecule has 0 aromatic heterocycles. The first kappa shape index (κ1) is 16.3. The number of carbonyl (C=O) groups excluding carboxylic acids is 1. The first-order chi connectivity index (χ1) is 9.92. The average molecular weight is 328 g/mol. The number of rotatable bonds is 5. The third-order valence-corrected chi connectivity index (χ3v) is 6.17. The highest BCUT2D eigenvalue weighted by atomic mass is 32.2. The fraction of sp³-hybridized carbons (Fsp3) is 0.500. The molecule has 1 aliphatic heterocycles. The van der Waals surface area contributed by atoms with Crippen molar-refractivity contribution < 1.29 is 13.2 Å². The van der Waals surface area contributed by atoms with Crippen LogP contribution in [-0.2, 0) is 21.4 Å². The number of thioether (sulfide) groups is 1. The Hall–Kier alpha value is -1.05. The number of sulfonamides is 1. The van der Waals surface area contributed by atoms with Gasteiger partial charge in [-0.2, -0.15) is 4.31 Å². The third-order valence-electron chi connectivity index (χ3n) is 3.52. The molecule has 2 rings (SSSR count). The Morgan fingerprint density at radius 1 is 1.33 bits per heavy atom. The Labute approximate surface area is 130 Å². The van der Waals surface area contributed by atoms with Crippen LogP contribution >= 0.6 is 11.8 Å². The first-order valence-electron chi connectivity index (χ1n) is 6.77. The summed E-state index contributed by atoms with van der Waals surface area (Å²) in [6, 6.07) is 8.01. The predicted octanol–water partition coefficient (Wildman–Crippen LogP) is 1.40. The van der Waals surface area contributed by atoms with Crippen molar-refractivity contribution in [2.24, 2.45) is 0 Å². The molecule has 7 heteroatoms. The summed E-state index contributed by atoms with van der Waals surface area (Å²) in [4.78, 5) is 14.9. The maximum atomic E-state index is 12.1. The van der Waals surface area contributed by atoms with Crippen molar-refractivity contribution in [3.8, 4) is 0 Å². The highest BCUT2D eigenvalue weighted by molar-refractivity contribution is 7.98. The highest BCUT2D eigenvalue weighted by Gasteiger charge is 2.30. The lowest BCUT2D eigenvalue weighted by atomic mass is 10.2. The number of amides is 1. The van der Waals surface area contributed by atoms with Crippen LogP contribution in [0.15, 0.2) is 29.2 Å². The van der Waals surface area contributed by atoms with Gasteiger partial charge in [0.1, 0.15) is 0 Å². The normalized spacial score (nSPS) is 17.8. The van der Waals surface area contributed by atoms with Gasteiger partial charge >= 0.3 is 0 Å². The van der Waals surface area contributed by atoms with Crippen LogP contribution in [0.4, 0.5) is 0 Å². The molecule has 0 aliphatic carbocycles. The second kappa shape index (κ2) is 6.81. The number of carbonyl (C=O) groups is 1. The zero-order chi connectivity index (χ0) is 15.5. The molecule has 1 heterocycles. The molecule has 21 heavy (non-hydrogen) atoms. The van der Waals surface area contributed by atoms with Crippen LogP contribution in [0, 0.1) is 0 Å². The molecular formula is C14H20N2O3S2. The minimum Gasteiger partial charge on any atom is -0.340 e. The Kier molecular flexibility index (Phi) is 5.29. The van der Waals surface area contributed by atoms with Gasteiger partial charge in [-0.05, 0) is 30.4 Å². The Morgan fingerprint density at radius 3 is 2.52 bits per heavy atom. The largest absolute Gasteiger partial charge is 0.340 e. The molecule has 0 bridgehead atoms. The van der Waals surface area contributed by atoms with E-state index in [-0.39, 0.29) is 18.2 Å². The summed E-state index contributed by atoms with van der Waals surface area (Å²) in [5.41, 5.74) is 1.04. The van der Waals surface area contributed by atoms with Crippen molar-refractivity contribution in [1.82, 2.24) is 9.21 Å². The molecule has 5 nitrogen and oxygen atoms in total. The van der Waals surface area contributed by atoms with Gasteiger partial charge in [0.05, 0.1) is 12.3 Å². The lowest BCUT2D eigenvalue weighted by Gasteiger charge is -2.21. The lowest BCUT2D eigenvalue weighted by molar-refractivity contribution is -0.130. The lowest BCUT2D eigenvalue weighted by Crippen LogP contribution is -2.38. The summed E-state index contributed by atoms with van der Waals surface area (Å²) >= 11 is 1.67. The van der Waals surface area contributed by atoms with Crippen molar-refractivity contribution in [2.45, 2.75) is 17.9 Å². The van der Waals surface area contributed by atoms with Gasteiger partial charge in [0, 0.05) is 25.0 Å². The van der Waals surface area contributed by atoms with E-state index in [1.54, 1.807) is 23.7 Å². The fourth-order valence-electron chi connectivity index (χ4n) is 2.23. The molecule has 0 saturated carbocycles. The van der Waals surface area contributed by atoms with E-state index in [0.29, 0.717) is 19.5 Å². The van der Waals surface area contributed by atoms with Crippen molar-refractivity contribution in [1.29, 1.82) is 0 Å². The molecule has 116 valence electrons. The molecule has 0 unspecified atom stereocenters. The molecular weight excluding hydrogens is 308 g/mol. The van der Waals surface area contributed by atoms with Gasteiger partial charge in [-0.15, -0.1) is 11.8 Å². The minimum atomic E-state index is -3.21. The van der Waals surface area contributed by atoms with Crippen molar-refractivity contribution in [3.63, 3.8) is 0 Å². The number of likely N-dealkylation sites (N-methyl/N-ethyl adjacent to an activating group) is 1. The second-order valence-corrected chi connectivity index (χ2v) is 8.07. The fourth-order valence-corrected chi connectivity index (χ4v) is 4.11. The van der Waals surface area contributed by atoms with Gasteiger partial charge in [-0.1, -0.05) is 12.1 Å². The van der Waals surface area contributed by atoms with E-state index < -0.39 is 10.0 Å². The molecule has 0 spiro atoms. The van der Waals surface area contributed by atoms with Crippen LogP contribution in [-0.4, -0.2) is 55.7 Å². The topological polar surface area (TPSA) is 57.7 Å². The zero-order valence-electron chi connectivity index (χ0n) is 12.3. The van der Waals surface area contributed by atoms with Crippen LogP contribution in [0.1, 0.15) is 12.0 Å². The van der Waals surface area contributed by atoms with Gasteiger partial charge in [0.15, 0.2) is 0 Å². The smallest absolute Gasteiger partial charge is 0.237 e. The van der Waals surface area contributed by atoms with E-state index in [2.05, 4.69) is 0 Å². The van der Waals surface area contributed by atoms with Crippen molar-refractivity contribution in [2.75, 3.05) is 32.1 Å². The second-order valence-electron chi connectivity index (χ2n) is 5.10. The Morgan fingerprint density at radius 2 is 2.00 bits per heavy atom. The summed E-state index contributed by atoms with van der Waals surface area (Å²) in [5.74, 6) is -0.0189. The molecule has 1 amide bonds. The van der Waals surface area contributed by atoms with E-state index >= 15 is 0 Å². The van der Waals surface area contributed by atoms with E-state index in [0.717, 1.165) is 5.56 Å². The molecule has 1 aromatic rings. The molecule has 0 atom stereocenters. The van der Waals surface area contributed by atoms with Gasteiger partial charge in [0.25, 0.3) is 0 Å². The minimum absolute atomic E-state index is 0.0538. The molecule has 1 saturated heterocycles. The number of benzene rings is 1. The zero-order valence-corrected chi connectivity index (χ0v) is 13.9. The first-order valence-corrected chi connectivity index (χ1v) is 9.60. The van der Waals surface area contributed by atoms with Crippen LogP contribution in [0.25, 0.3) is 0 Å². The Bertz CT molecular complexity index is 599. The van der Waals surface area contributed by atoms with Gasteiger partial charge in [0.2, 0.25) is 15.9 Å². The van der Waals surface area contributed by atoms with E-state index in [1.807, 2.05) is 30.5 Å². The van der Waals surface area contributed by atoms with Crippen LogP contribution < -0.4 is 0 Å². The Balaban J connectivity index is 1.93. The van der Waals surface area contributed by atoms with E-state index in [9.17, 15) is 13.2 Å². The number of hydrogen-bond donors (Lipinski definition) is 0. The van der Waals surface area contributed by atoms with Gasteiger partial charge in [-0.25, -0.2) is 8.42 Å². The van der Waals surface area contributed by atoms with Crippen LogP contribution in [0.2, 0.25) is 0 Å². The molecule has 0 radical (unpaired) electrons. The number of nitrogens with zero attached hydrogens (tertiary/aromatic N) is 2. The van der Waals surface area contributed by atoms with Gasteiger partial charge in [-0.3, -0.25) is 4.79 Å². The van der Waals surface area contributed by atoms with E-state index in [1.165, 1.54) is 9.20 Å². The van der Waals surface area contributed by atoms with E-state index in [4.69, 9.17) is 0 Å². The molecule has 1 aliphatic rings. The predicted molar refractivity (Wildman–Crippen MR) is 84.7 cm³/mol. The van der Waals surface area contributed by atoms with Crippen molar-refractivity contribution >= 4 is 27.7 Å². The SMILES string of the molecule is CSc1ccc(CN(C)C(=O)CN2CCCS2(=O)=O)cc1. The molecule has 0 N–H and O–H groups in total. The quantitative estimate of drug-likeness (QED) is 0.767. The van der Waals surface area contributed by atoms with Crippen LogP contribution in [0.3, 0.4) is 0 Å². The van der Waals surface area contributed by atoms with Gasteiger partial charge < -0.3 is 4.90 Å². The number of hydrogen-bond acceptors (Lipinski definition) is 4.